The number of hydrogen-bond donors (Lipinski definition) is 0. The Morgan fingerprint density at radius 1 is 1.19 bits per heavy atom. The van der Waals surface area contributed by atoms with Crippen LogP contribution in [-0.4, -0.2) is 25.1 Å². The lowest BCUT2D eigenvalue weighted by Crippen LogP contribution is -2.14. The summed E-state index contributed by atoms with van der Waals surface area (Å²) in [7, 11) is 3.47. The zero-order valence-electron chi connectivity index (χ0n) is 18.5. The minimum atomic E-state index is -0.304. The van der Waals surface area contributed by atoms with E-state index >= 15 is 0 Å². The van der Waals surface area contributed by atoms with Crippen molar-refractivity contribution in [1.82, 2.24) is 4.98 Å². The van der Waals surface area contributed by atoms with Crippen molar-refractivity contribution in [2.24, 2.45) is 0 Å². The van der Waals surface area contributed by atoms with Gasteiger partial charge in [0.1, 0.15) is 0 Å². The fourth-order valence-electron chi connectivity index (χ4n) is 4.58. The smallest absolute Gasteiger partial charge is 0.338 e. The van der Waals surface area contributed by atoms with Gasteiger partial charge in [0.05, 0.1) is 24.3 Å². The van der Waals surface area contributed by atoms with Crippen LogP contribution in [0.1, 0.15) is 57.8 Å². The van der Waals surface area contributed by atoms with Crippen molar-refractivity contribution >= 4 is 17.3 Å². The molecule has 1 aromatic heterocycles. The summed E-state index contributed by atoms with van der Waals surface area (Å²) in [6.07, 6.45) is 8.61. The van der Waals surface area contributed by atoms with Gasteiger partial charge in [0, 0.05) is 30.8 Å². The topological polar surface area (TPSA) is 66.2 Å². The minimum Gasteiger partial charge on any atom is -0.465 e. The van der Waals surface area contributed by atoms with Gasteiger partial charge in [0.15, 0.2) is 0 Å². The van der Waals surface area contributed by atoms with E-state index in [4.69, 9.17) is 10.00 Å². The van der Waals surface area contributed by atoms with E-state index in [9.17, 15) is 4.79 Å². The van der Waals surface area contributed by atoms with Crippen molar-refractivity contribution < 1.29 is 9.53 Å². The number of esters is 1. The normalized spacial score (nSPS) is 14.8. The maximum Gasteiger partial charge on any atom is 0.338 e. The quantitative estimate of drug-likeness (QED) is 0.484. The van der Waals surface area contributed by atoms with E-state index in [0.29, 0.717) is 17.0 Å². The molecule has 0 saturated carbocycles. The number of anilines is 2. The SMILES string of the molecule is COC(=O)c1ccncc1CC[C@@H]1CCCc2cc(N(C)c3ccc(C#N)cc3)ccc21. The minimum absolute atomic E-state index is 0.304. The average Bonchev–Trinajstić information content (AvgIpc) is 2.86. The van der Waals surface area contributed by atoms with Crippen molar-refractivity contribution in [2.75, 3.05) is 19.1 Å². The Balaban J connectivity index is 1.51. The third-order valence-electron chi connectivity index (χ3n) is 6.41. The summed E-state index contributed by atoms with van der Waals surface area (Å²) in [4.78, 5) is 18.4. The van der Waals surface area contributed by atoms with Crippen LogP contribution in [0.25, 0.3) is 0 Å². The van der Waals surface area contributed by atoms with Gasteiger partial charge in [-0.2, -0.15) is 5.26 Å². The molecule has 0 aliphatic heterocycles. The Morgan fingerprint density at radius 2 is 1.97 bits per heavy atom. The molecule has 1 aliphatic carbocycles. The van der Waals surface area contributed by atoms with Gasteiger partial charge < -0.3 is 9.64 Å². The molecule has 0 radical (unpaired) electrons. The van der Waals surface area contributed by atoms with Crippen molar-refractivity contribution in [3.8, 4) is 6.07 Å². The van der Waals surface area contributed by atoms with Crippen LogP contribution in [0.4, 0.5) is 11.4 Å². The Kier molecular flexibility index (Phi) is 6.51. The van der Waals surface area contributed by atoms with E-state index in [0.717, 1.165) is 42.6 Å². The van der Waals surface area contributed by atoms with Crippen molar-refractivity contribution in [3.05, 3.63) is 88.7 Å². The zero-order chi connectivity index (χ0) is 22.5. The molecule has 4 rings (SSSR count). The Morgan fingerprint density at radius 3 is 2.72 bits per heavy atom. The van der Waals surface area contributed by atoms with Gasteiger partial charge >= 0.3 is 5.97 Å². The molecule has 5 nitrogen and oxygen atoms in total. The number of pyridine rings is 1. The lowest BCUT2D eigenvalue weighted by molar-refractivity contribution is 0.0599. The molecule has 32 heavy (non-hydrogen) atoms. The van der Waals surface area contributed by atoms with Crippen LogP contribution in [-0.2, 0) is 17.6 Å². The van der Waals surface area contributed by atoms with Gasteiger partial charge in [-0.25, -0.2) is 4.79 Å². The first-order valence-electron chi connectivity index (χ1n) is 11.0. The highest BCUT2D eigenvalue weighted by molar-refractivity contribution is 5.90. The van der Waals surface area contributed by atoms with Crippen LogP contribution < -0.4 is 4.90 Å². The number of nitriles is 1. The number of carbonyl (C=O) groups excluding carboxylic acids is 1. The molecule has 1 aliphatic rings. The summed E-state index contributed by atoms with van der Waals surface area (Å²) in [6, 6.07) is 18.3. The fraction of sp³-hybridized carbons (Fsp3) is 0.296. The Bertz CT molecular complexity index is 1150. The molecule has 0 bridgehead atoms. The number of benzene rings is 2. The van der Waals surface area contributed by atoms with Crippen LogP contribution in [0.15, 0.2) is 60.9 Å². The second-order valence-corrected chi connectivity index (χ2v) is 8.25. The zero-order valence-corrected chi connectivity index (χ0v) is 18.5. The molecule has 5 heteroatoms. The molecule has 0 fully saturated rings. The lowest BCUT2D eigenvalue weighted by atomic mass is 9.79. The van der Waals surface area contributed by atoms with E-state index in [1.165, 1.54) is 24.7 Å². The molecule has 2 aromatic carbocycles. The van der Waals surface area contributed by atoms with Crippen LogP contribution >= 0.6 is 0 Å². The molecular weight excluding hydrogens is 398 g/mol. The lowest BCUT2D eigenvalue weighted by Gasteiger charge is -2.28. The van der Waals surface area contributed by atoms with Gasteiger partial charge in [-0.3, -0.25) is 4.98 Å². The molecule has 3 aromatic rings. The molecule has 162 valence electrons. The van der Waals surface area contributed by atoms with E-state index in [1.54, 1.807) is 18.5 Å². The summed E-state index contributed by atoms with van der Waals surface area (Å²) < 4.78 is 4.92. The molecule has 1 heterocycles. The number of nitrogens with zero attached hydrogens (tertiary/aromatic N) is 3. The summed E-state index contributed by atoms with van der Waals surface area (Å²) in [5.41, 5.74) is 7.24. The largest absolute Gasteiger partial charge is 0.465 e. The first-order valence-corrected chi connectivity index (χ1v) is 11.0. The number of aryl methyl sites for hydroxylation is 2. The number of carbonyl (C=O) groups is 1. The summed E-state index contributed by atoms with van der Waals surface area (Å²) >= 11 is 0. The van der Waals surface area contributed by atoms with E-state index in [2.05, 4.69) is 41.2 Å². The first-order chi connectivity index (χ1) is 15.6. The van der Waals surface area contributed by atoms with Gasteiger partial charge in [-0.15, -0.1) is 0 Å². The highest BCUT2D eigenvalue weighted by Gasteiger charge is 2.22. The Hall–Kier alpha value is -3.65. The number of aromatic nitrogens is 1. The second kappa shape index (κ2) is 9.65. The molecule has 0 amide bonds. The van der Waals surface area contributed by atoms with Gasteiger partial charge in [0.2, 0.25) is 0 Å². The number of rotatable bonds is 6. The molecule has 0 N–H and O–H groups in total. The number of fused-ring (bicyclic) bond motifs is 1. The predicted molar refractivity (Wildman–Crippen MR) is 125 cm³/mol. The predicted octanol–water partition coefficient (Wildman–Crippen LogP) is 5.56. The van der Waals surface area contributed by atoms with Gasteiger partial charge in [0.25, 0.3) is 0 Å². The standard InChI is InChI=1S/C27H27N3O2/c1-30(23-10-6-19(17-28)7-11-23)24-12-13-25-20(4-3-5-21(25)16-24)8-9-22-18-29-15-14-26(22)27(31)32-2/h6-7,10-16,18,20H,3-5,8-9H2,1-2H3/t20-/m0/s1. The highest BCUT2D eigenvalue weighted by atomic mass is 16.5. The van der Waals surface area contributed by atoms with E-state index in [-0.39, 0.29) is 5.97 Å². The van der Waals surface area contributed by atoms with E-state index in [1.807, 2.05) is 24.3 Å². The van der Waals surface area contributed by atoms with Crippen molar-refractivity contribution in [3.63, 3.8) is 0 Å². The summed E-state index contributed by atoms with van der Waals surface area (Å²) in [5.74, 6) is 0.167. The number of hydrogen-bond acceptors (Lipinski definition) is 5. The maximum atomic E-state index is 12.1. The first kappa shape index (κ1) is 21.6. The van der Waals surface area contributed by atoms with Gasteiger partial charge in [-0.05, 0) is 97.2 Å². The number of methoxy groups -OCH3 is 1. The molecule has 0 unspecified atom stereocenters. The average molecular weight is 426 g/mol. The number of ether oxygens (including phenoxy) is 1. The van der Waals surface area contributed by atoms with Crippen LogP contribution in [0.2, 0.25) is 0 Å². The molecule has 0 spiro atoms. The van der Waals surface area contributed by atoms with Crippen molar-refractivity contribution in [2.45, 2.75) is 38.0 Å². The summed E-state index contributed by atoms with van der Waals surface area (Å²) in [6.45, 7) is 0. The van der Waals surface area contributed by atoms with Crippen LogP contribution in [0.3, 0.4) is 0 Å². The van der Waals surface area contributed by atoms with E-state index < -0.39 is 0 Å². The van der Waals surface area contributed by atoms with Crippen LogP contribution in [0.5, 0.6) is 0 Å². The molecule has 0 saturated heterocycles. The Labute approximate surface area is 189 Å². The third kappa shape index (κ3) is 4.50. The second-order valence-electron chi connectivity index (χ2n) is 8.25. The molecular formula is C27H27N3O2. The van der Waals surface area contributed by atoms with Crippen molar-refractivity contribution in [1.29, 1.82) is 5.26 Å². The summed E-state index contributed by atoms with van der Waals surface area (Å²) in [5, 5.41) is 9.02. The van der Waals surface area contributed by atoms with Crippen LogP contribution in [0, 0.1) is 11.3 Å². The molecule has 1 atom stereocenters. The fourth-order valence-corrected chi connectivity index (χ4v) is 4.58. The third-order valence-corrected chi connectivity index (χ3v) is 6.41. The monoisotopic (exact) mass is 425 g/mol. The van der Waals surface area contributed by atoms with Gasteiger partial charge in [-0.1, -0.05) is 6.07 Å². The maximum absolute atomic E-state index is 12.1. The highest BCUT2D eigenvalue weighted by Crippen LogP contribution is 2.37.